The molecule has 0 radical (unpaired) electrons. The van der Waals surface area contributed by atoms with Gasteiger partial charge in [-0.05, 0) is 55.0 Å². The lowest BCUT2D eigenvalue weighted by molar-refractivity contribution is -0.113. The van der Waals surface area contributed by atoms with Crippen molar-refractivity contribution in [2.24, 2.45) is 5.92 Å². The van der Waals surface area contributed by atoms with Gasteiger partial charge in [-0.3, -0.25) is 14.2 Å². The molecule has 1 amide bonds. The normalized spacial score (nSPS) is 11.1. The Labute approximate surface area is 188 Å². The molecule has 2 heterocycles. The van der Waals surface area contributed by atoms with Crippen LogP contribution in [0.5, 0.6) is 0 Å². The number of rotatable bonds is 9. The number of hydrogen-bond donors (Lipinski definition) is 1. The highest BCUT2D eigenvalue weighted by molar-refractivity contribution is 7.99. The summed E-state index contributed by atoms with van der Waals surface area (Å²) in [5.74, 6) is -0.0533. The summed E-state index contributed by atoms with van der Waals surface area (Å²) in [5.41, 5.74) is 1.61. The second kappa shape index (κ2) is 10.6. The summed E-state index contributed by atoms with van der Waals surface area (Å²) < 4.78 is 7.26. The number of benzene rings is 1. The molecule has 0 fully saturated rings. The van der Waals surface area contributed by atoms with Gasteiger partial charge in [0, 0.05) is 12.2 Å². The number of amides is 1. The number of fused-ring (bicyclic) bond motifs is 1. The molecule has 0 unspecified atom stereocenters. The van der Waals surface area contributed by atoms with E-state index in [-0.39, 0.29) is 17.2 Å². The Morgan fingerprint density at radius 2 is 1.97 bits per heavy atom. The Morgan fingerprint density at radius 1 is 1.23 bits per heavy atom. The van der Waals surface area contributed by atoms with Gasteiger partial charge in [0.1, 0.15) is 4.70 Å². The zero-order chi connectivity index (χ0) is 22.4. The summed E-state index contributed by atoms with van der Waals surface area (Å²) in [6.45, 7) is 6.83. The lowest BCUT2D eigenvalue weighted by atomic mass is 10.1. The Kier molecular flexibility index (Phi) is 7.86. The van der Waals surface area contributed by atoms with Crippen molar-refractivity contribution in [2.45, 2.75) is 38.9 Å². The number of aromatic nitrogens is 2. The SMILES string of the molecule is CCOC(=O)c1ccc(NC(=O)CSc2nc3ccsc3c(=O)n2CCC(C)C)cc1. The van der Waals surface area contributed by atoms with Crippen molar-refractivity contribution in [3.63, 3.8) is 0 Å². The highest BCUT2D eigenvalue weighted by Crippen LogP contribution is 2.22. The Bertz CT molecular complexity index is 1120. The second-order valence-corrected chi connectivity index (χ2v) is 9.16. The number of ether oxygens (including phenoxy) is 1. The van der Waals surface area contributed by atoms with Gasteiger partial charge in [0.25, 0.3) is 5.56 Å². The first kappa shape index (κ1) is 23.0. The maximum atomic E-state index is 12.9. The number of esters is 1. The van der Waals surface area contributed by atoms with Crippen molar-refractivity contribution in [1.82, 2.24) is 9.55 Å². The zero-order valence-electron chi connectivity index (χ0n) is 17.7. The Balaban J connectivity index is 1.68. The zero-order valence-corrected chi connectivity index (χ0v) is 19.3. The molecule has 0 aliphatic carbocycles. The fourth-order valence-electron chi connectivity index (χ4n) is 2.85. The first-order chi connectivity index (χ1) is 14.9. The third kappa shape index (κ3) is 5.95. The molecule has 3 aromatic rings. The van der Waals surface area contributed by atoms with Crippen LogP contribution in [-0.4, -0.2) is 33.8 Å². The molecular formula is C22H25N3O4S2. The van der Waals surface area contributed by atoms with Crippen LogP contribution in [0.4, 0.5) is 5.69 Å². The molecule has 164 valence electrons. The van der Waals surface area contributed by atoms with E-state index in [9.17, 15) is 14.4 Å². The summed E-state index contributed by atoms with van der Waals surface area (Å²) in [4.78, 5) is 41.6. The molecule has 0 aliphatic rings. The van der Waals surface area contributed by atoms with Crippen LogP contribution in [0.25, 0.3) is 10.2 Å². The summed E-state index contributed by atoms with van der Waals surface area (Å²) in [6.07, 6.45) is 0.852. The third-order valence-corrected chi connectivity index (χ3v) is 6.34. The molecule has 31 heavy (non-hydrogen) atoms. The van der Waals surface area contributed by atoms with E-state index in [1.54, 1.807) is 35.8 Å². The maximum absolute atomic E-state index is 12.9. The van der Waals surface area contributed by atoms with E-state index in [0.717, 1.165) is 6.42 Å². The van der Waals surface area contributed by atoms with Crippen LogP contribution in [0, 0.1) is 5.92 Å². The third-order valence-electron chi connectivity index (χ3n) is 4.47. The first-order valence-electron chi connectivity index (χ1n) is 10.1. The number of thioether (sulfide) groups is 1. The van der Waals surface area contributed by atoms with Crippen LogP contribution in [0.1, 0.15) is 37.6 Å². The van der Waals surface area contributed by atoms with E-state index in [4.69, 9.17) is 4.74 Å². The predicted octanol–water partition coefficient (Wildman–Crippen LogP) is 4.41. The smallest absolute Gasteiger partial charge is 0.338 e. The minimum atomic E-state index is -0.398. The first-order valence-corrected chi connectivity index (χ1v) is 11.9. The van der Waals surface area contributed by atoms with Gasteiger partial charge in [-0.1, -0.05) is 25.6 Å². The quantitative estimate of drug-likeness (QED) is 0.290. The minimum Gasteiger partial charge on any atom is -0.462 e. The largest absolute Gasteiger partial charge is 0.462 e. The standard InChI is InChI=1S/C22H25N3O4S2/c1-4-29-21(28)15-5-7-16(8-6-15)23-18(26)13-31-22-24-17-10-12-30-19(17)20(27)25(22)11-9-14(2)3/h5-8,10,12,14H,4,9,11,13H2,1-3H3,(H,23,26). The number of nitrogens with one attached hydrogen (secondary N) is 1. The van der Waals surface area contributed by atoms with E-state index in [2.05, 4.69) is 24.1 Å². The lowest BCUT2D eigenvalue weighted by Crippen LogP contribution is -2.24. The van der Waals surface area contributed by atoms with Crippen molar-refractivity contribution < 1.29 is 14.3 Å². The second-order valence-electron chi connectivity index (χ2n) is 7.30. The van der Waals surface area contributed by atoms with Gasteiger partial charge in [-0.25, -0.2) is 9.78 Å². The van der Waals surface area contributed by atoms with E-state index in [0.29, 0.717) is 45.7 Å². The van der Waals surface area contributed by atoms with Crippen molar-refractivity contribution in [3.05, 3.63) is 51.6 Å². The van der Waals surface area contributed by atoms with E-state index >= 15 is 0 Å². The monoisotopic (exact) mass is 459 g/mol. The summed E-state index contributed by atoms with van der Waals surface area (Å²) in [6, 6.07) is 8.35. The van der Waals surface area contributed by atoms with Crippen molar-refractivity contribution in [2.75, 3.05) is 17.7 Å². The number of thiophene rings is 1. The average molecular weight is 460 g/mol. The highest BCUT2D eigenvalue weighted by Gasteiger charge is 2.15. The van der Waals surface area contributed by atoms with E-state index < -0.39 is 5.97 Å². The van der Waals surface area contributed by atoms with Gasteiger partial charge in [-0.15, -0.1) is 11.3 Å². The fourth-order valence-corrected chi connectivity index (χ4v) is 4.45. The minimum absolute atomic E-state index is 0.0573. The van der Waals surface area contributed by atoms with Gasteiger partial charge in [-0.2, -0.15) is 0 Å². The molecule has 0 bridgehead atoms. The molecule has 0 aliphatic heterocycles. The van der Waals surface area contributed by atoms with Crippen LogP contribution in [-0.2, 0) is 16.1 Å². The molecule has 7 nitrogen and oxygen atoms in total. The van der Waals surface area contributed by atoms with Crippen molar-refractivity contribution in [1.29, 1.82) is 0 Å². The molecule has 0 atom stereocenters. The lowest BCUT2D eigenvalue weighted by Gasteiger charge is -2.13. The molecule has 0 spiro atoms. The van der Waals surface area contributed by atoms with Gasteiger partial charge in [0.05, 0.1) is 23.4 Å². The number of carbonyl (C=O) groups is 2. The van der Waals surface area contributed by atoms with Gasteiger partial charge >= 0.3 is 5.97 Å². The van der Waals surface area contributed by atoms with Gasteiger partial charge in [0.2, 0.25) is 5.91 Å². The molecule has 2 aromatic heterocycles. The number of carbonyl (C=O) groups excluding carboxylic acids is 2. The molecule has 3 rings (SSSR count). The number of hydrogen-bond acceptors (Lipinski definition) is 7. The summed E-state index contributed by atoms with van der Waals surface area (Å²) in [7, 11) is 0. The van der Waals surface area contributed by atoms with Crippen LogP contribution < -0.4 is 10.9 Å². The average Bonchev–Trinajstić information content (AvgIpc) is 3.21. The number of anilines is 1. The fraction of sp³-hybridized carbons (Fsp3) is 0.364. The maximum Gasteiger partial charge on any atom is 0.338 e. The molecule has 9 heteroatoms. The van der Waals surface area contributed by atoms with Gasteiger partial charge < -0.3 is 10.1 Å². The van der Waals surface area contributed by atoms with Crippen LogP contribution in [0.2, 0.25) is 0 Å². The molecule has 0 saturated heterocycles. The van der Waals surface area contributed by atoms with E-state index in [1.165, 1.54) is 23.1 Å². The topological polar surface area (TPSA) is 90.3 Å². The Morgan fingerprint density at radius 3 is 2.65 bits per heavy atom. The Hall–Kier alpha value is -2.65. The van der Waals surface area contributed by atoms with E-state index in [1.807, 2.05) is 11.4 Å². The van der Waals surface area contributed by atoms with Crippen LogP contribution in [0.15, 0.2) is 45.7 Å². The molecule has 1 N–H and O–H groups in total. The summed E-state index contributed by atoms with van der Waals surface area (Å²) >= 11 is 2.63. The van der Waals surface area contributed by atoms with Crippen LogP contribution in [0.3, 0.4) is 0 Å². The van der Waals surface area contributed by atoms with Crippen LogP contribution >= 0.6 is 23.1 Å². The van der Waals surface area contributed by atoms with Crippen molar-refractivity contribution in [3.8, 4) is 0 Å². The molecular weight excluding hydrogens is 434 g/mol. The summed E-state index contributed by atoms with van der Waals surface area (Å²) in [5, 5.41) is 5.20. The van der Waals surface area contributed by atoms with Gasteiger partial charge in [0.15, 0.2) is 5.16 Å². The predicted molar refractivity (Wildman–Crippen MR) is 125 cm³/mol. The highest BCUT2D eigenvalue weighted by atomic mass is 32.2. The van der Waals surface area contributed by atoms with Crippen molar-refractivity contribution >= 4 is 50.9 Å². The number of nitrogens with zero attached hydrogens (tertiary/aromatic N) is 2. The molecule has 1 aromatic carbocycles. The molecule has 0 saturated carbocycles.